The molecule has 3 aromatic rings. The van der Waals surface area contributed by atoms with Gasteiger partial charge in [0.1, 0.15) is 11.3 Å². The molecule has 174 valence electrons. The number of benzene rings is 2. The van der Waals surface area contributed by atoms with Crippen LogP contribution in [0.25, 0.3) is 16.9 Å². The Balaban J connectivity index is 2.20. The van der Waals surface area contributed by atoms with Gasteiger partial charge in [-0.05, 0) is 51.5 Å². The average Bonchev–Trinajstić information content (AvgIpc) is 3.22. The normalized spacial score (nSPS) is 11.3. The van der Waals surface area contributed by atoms with Crippen LogP contribution in [0.1, 0.15) is 54.1 Å². The number of para-hydroxylation sites is 1. The smallest absolute Gasteiger partial charge is 0.357 e. The van der Waals surface area contributed by atoms with Gasteiger partial charge in [-0.2, -0.15) is 5.10 Å². The molecule has 0 fully saturated rings. The maximum Gasteiger partial charge on any atom is 0.357 e. The Morgan fingerprint density at radius 3 is 2.12 bits per heavy atom. The second kappa shape index (κ2) is 10.4. The molecular formula is C26H31N3O4. The highest BCUT2D eigenvalue weighted by Gasteiger charge is 2.31. The number of hydrogen-bond donors (Lipinski definition) is 0. The van der Waals surface area contributed by atoms with E-state index in [1.165, 1.54) is 18.9 Å². The zero-order valence-corrected chi connectivity index (χ0v) is 20.0. The van der Waals surface area contributed by atoms with Crippen molar-refractivity contribution in [2.24, 2.45) is 0 Å². The van der Waals surface area contributed by atoms with E-state index >= 15 is 0 Å². The van der Waals surface area contributed by atoms with Gasteiger partial charge in [-0.1, -0.05) is 36.4 Å². The quantitative estimate of drug-likeness (QED) is 0.463. The molecule has 1 heterocycles. The predicted octanol–water partition coefficient (Wildman–Crippen LogP) is 4.73. The topological polar surface area (TPSA) is 73.7 Å². The third-order valence-corrected chi connectivity index (χ3v) is 5.55. The van der Waals surface area contributed by atoms with Crippen LogP contribution in [0.15, 0.2) is 54.6 Å². The van der Waals surface area contributed by atoms with Crippen LogP contribution < -0.4 is 0 Å². The minimum Gasteiger partial charge on any atom is -0.465 e. The van der Waals surface area contributed by atoms with Gasteiger partial charge in [0.05, 0.1) is 19.9 Å². The minimum atomic E-state index is -0.667. The van der Waals surface area contributed by atoms with Gasteiger partial charge in [0.25, 0.3) is 0 Å². The van der Waals surface area contributed by atoms with Crippen molar-refractivity contribution in [3.8, 4) is 16.9 Å². The minimum absolute atomic E-state index is 0.0296. The number of rotatable bonds is 8. The van der Waals surface area contributed by atoms with E-state index in [4.69, 9.17) is 9.47 Å². The molecule has 0 atom stereocenters. The van der Waals surface area contributed by atoms with E-state index in [9.17, 15) is 9.59 Å². The molecule has 0 aliphatic rings. The van der Waals surface area contributed by atoms with Crippen LogP contribution in [0.3, 0.4) is 0 Å². The van der Waals surface area contributed by atoms with E-state index in [1.54, 1.807) is 0 Å². The van der Waals surface area contributed by atoms with Crippen molar-refractivity contribution in [3.05, 3.63) is 71.4 Å². The third-order valence-electron chi connectivity index (χ3n) is 5.55. The van der Waals surface area contributed by atoms with Crippen LogP contribution in [-0.2, 0) is 16.0 Å². The molecule has 3 rings (SSSR count). The first-order chi connectivity index (χ1) is 15.8. The lowest BCUT2D eigenvalue weighted by molar-refractivity contribution is 0.0549. The van der Waals surface area contributed by atoms with Crippen LogP contribution in [0.5, 0.6) is 0 Å². The number of esters is 2. The zero-order valence-electron chi connectivity index (χ0n) is 20.0. The number of hydrogen-bond acceptors (Lipinski definition) is 6. The molecule has 0 bridgehead atoms. The summed E-state index contributed by atoms with van der Waals surface area (Å²) in [7, 11) is 2.56. The van der Waals surface area contributed by atoms with Gasteiger partial charge in [-0.15, -0.1) is 0 Å². The van der Waals surface area contributed by atoms with Gasteiger partial charge in [-0.3, -0.25) is 4.90 Å². The molecule has 0 amide bonds. The van der Waals surface area contributed by atoms with Crippen LogP contribution in [0.2, 0.25) is 0 Å². The first kappa shape index (κ1) is 24.2. The van der Waals surface area contributed by atoms with Crippen molar-refractivity contribution in [2.75, 3.05) is 14.2 Å². The Bertz CT molecular complexity index is 1110. The molecule has 2 aromatic carbocycles. The molecule has 0 aliphatic heterocycles. The van der Waals surface area contributed by atoms with Gasteiger partial charge in [0.15, 0.2) is 5.69 Å². The first-order valence-corrected chi connectivity index (χ1v) is 11.0. The summed E-state index contributed by atoms with van der Waals surface area (Å²) in [6, 6.07) is 17.8. The lowest BCUT2D eigenvalue weighted by Crippen LogP contribution is -2.36. The Morgan fingerprint density at radius 2 is 1.55 bits per heavy atom. The van der Waals surface area contributed by atoms with E-state index in [1.807, 2.05) is 48.5 Å². The van der Waals surface area contributed by atoms with Crippen molar-refractivity contribution >= 4 is 11.9 Å². The SMILES string of the molecule is COC(=O)c1c(-c2cccc(CN(C(C)C)C(C)C)c2)nn(-c2ccccc2)c1C(=O)OC. The van der Waals surface area contributed by atoms with E-state index in [-0.39, 0.29) is 11.3 Å². The Morgan fingerprint density at radius 1 is 0.909 bits per heavy atom. The largest absolute Gasteiger partial charge is 0.465 e. The zero-order chi connectivity index (χ0) is 24.1. The van der Waals surface area contributed by atoms with Crippen LogP contribution >= 0.6 is 0 Å². The molecule has 1 aromatic heterocycles. The number of carbonyl (C=O) groups is 2. The second-order valence-corrected chi connectivity index (χ2v) is 8.36. The number of aromatic nitrogens is 2. The number of methoxy groups -OCH3 is 2. The lowest BCUT2D eigenvalue weighted by atomic mass is 10.0. The summed E-state index contributed by atoms with van der Waals surface area (Å²) in [4.78, 5) is 28.0. The van der Waals surface area contributed by atoms with E-state index in [0.29, 0.717) is 23.5 Å². The summed E-state index contributed by atoms with van der Waals surface area (Å²) in [5, 5.41) is 4.68. The molecule has 0 spiro atoms. The lowest BCUT2D eigenvalue weighted by Gasteiger charge is -2.30. The third kappa shape index (κ3) is 5.14. The molecule has 33 heavy (non-hydrogen) atoms. The van der Waals surface area contributed by atoms with Crippen molar-refractivity contribution < 1.29 is 19.1 Å². The molecule has 0 saturated carbocycles. The van der Waals surface area contributed by atoms with Gasteiger partial charge in [0, 0.05) is 24.2 Å². The Labute approximate surface area is 194 Å². The monoisotopic (exact) mass is 449 g/mol. The van der Waals surface area contributed by atoms with E-state index in [2.05, 4.69) is 43.8 Å². The summed E-state index contributed by atoms with van der Waals surface area (Å²) in [5.74, 6) is -1.32. The standard InChI is InChI=1S/C26H31N3O4/c1-17(2)28(18(3)4)16-19-11-10-12-20(15-19)23-22(25(30)32-5)24(26(31)33-6)29(27-23)21-13-8-7-9-14-21/h7-15,17-18H,16H2,1-6H3. The number of ether oxygens (including phenoxy) is 2. The molecule has 7 heteroatoms. The fraction of sp³-hybridized carbons (Fsp3) is 0.346. The molecule has 0 radical (unpaired) electrons. The number of nitrogens with zero attached hydrogens (tertiary/aromatic N) is 3. The van der Waals surface area contributed by atoms with Crippen LogP contribution in [0.4, 0.5) is 0 Å². The fourth-order valence-electron chi connectivity index (χ4n) is 3.95. The van der Waals surface area contributed by atoms with Crippen LogP contribution in [-0.4, -0.2) is 52.9 Å². The van der Waals surface area contributed by atoms with Crippen molar-refractivity contribution in [1.82, 2.24) is 14.7 Å². The predicted molar refractivity (Wildman–Crippen MR) is 127 cm³/mol. The molecule has 0 saturated heterocycles. The molecule has 7 nitrogen and oxygen atoms in total. The van der Waals surface area contributed by atoms with E-state index < -0.39 is 11.9 Å². The summed E-state index contributed by atoms with van der Waals surface area (Å²) >= 11 is 0. The Hall–Kier alpha value is -3.45. The highest BCUT2D eigenvalue weighted by atomic mass is 16.5. The molecule has 0 aliphatic carbocycles. The maximum absolute atomic E-state index is 12.8. The highest BCUT2D eigenvalue weighted by molar-refractivity contribution is 6.06. The fourth-order valence-corrected chi connectivity index (χ4v) is 3.95. The number of carbonyl (C=O) groups excluding carboxylic acids is 2. The summed E-state index contributed by atoms with van der Waals surface area (Å²) in [6.45, 7) is 9.43. The van der Waals surface area contributed by atoms with E-state index in [0.717, 1.165) is 17.7 Å². The maximum atomic E-state index is 12.8. The van der Waals surface area contributed by atoms with Crippen molar-refractivity contribution in [2.45, 2.75) is 46.3 Å². The molecular weight excluding hydrogens is 418 g/mol. The summed E-state index contributed by atoms with van der Waals surface area (Å²) < 4.78 is 11.5. The first-order valence-electron chi connectivity index (χ1n) is 11.0. The van der Waals surface area contributed by atoms with Crippen molar-refractivity contribution in [1.29, 1.82) is 0 Å². The van der Waals surface area contributed by atoms with Gasteiger partial charge in [-0.25, -0.2) is 14.3 Å². The average molecular weight is 450 g/mol. The van der Waals surface area contributed by atoms with Crippen LogP contribution in [0, 0.1) is 0 Å². The van der Waals surface area contributed by atoms with Gasteiger partial charge < -0.3 is 9.47 Å². The highest BCUT2D eigenvalue weighted by Crippen LogP contribution is 2.30. The van der Waals surface area contributed by atoms with Gasteiger partial charge in [0.2, 0.25) is 0 Å². The summed E-state index contributed by atoms with van der Waals surface area (Å²) in [5.41, 5.74) is 2.92. The summed E-state index contributed by atoms with van der Waals surface area (Å²) in [6.07, 6.45) is 0. The van der Waals surface area contributed by atoms with Crippen molar-refractivity contribution in [3.63, 3.8) is 0 Å². The van der Waals surface area contributed by atoms with Gasteiger partial charge >= 0.3 is 11.9 Å². The second-order valence-electron chi connectivity index (χ2n) is 8.36. The Kier molecular flexibility index (Phi) is 7.66. The molecule has 0 N–H and O–H groups in total. The molecule has 0 unspecified atom stereocenters.